The second-order valence-electron chi connectivity index (χ2n) is 6.07. The third-order valence-corrected chi connectivity index (χ3v) is 4.06. The number of nitrogens with zero attached hydrogens (tertiary/aromatic N) is 1. The fourth-order valence-corrected chi connectivity index (χ4v) is 2.62. The van der Waals surface area contributed by atoms with Crippen molar-refractivity contribution in [3.8, 4) is 11.5 Å². The molecule has 0 spiro atoms. The van der Waals surface area contributed by atoms with Crippen molar-refractivity contribution < 1.29 is 19.1 Å². The van der Waals surface area contributed by atoms with Crippen molar-refractivity contribution in [1.29, 1.82) is 0 Å². The van der Waals surface area contributed by atoms with Gasteiger partial charge in [-0.05, 0) is 49.2 Å². The van der Waals surface area contributed by atoms with Gasteiger partial charge >= 0.3 is 0 Å². The first kappa shape index (κ1) is 20.3. The zero-order valence-corrected chi connectivity index (χ0v) is 16.0. The van der Waals surface area contributed by atoms with E-state index in [2.05, 4.69) is 5.32 Å². The number of carbonyl (C=O) groups is 2. The van der Waals surface area contributed by atoms with E-state index < -0.39 is 0 Å². The van der Waals surface area contributed by atoms with Crippen LogP contribution in [0.15, 0.2) is 48.5 Å². The average molecular weight is 370 g/mol. The number of likely N-dealkylation sites (N-methyl/N-ethyl adjacent to an activating group) is 1. The van der Waals surface area contributed by atoms with Crippen molar-refractivity contribution in [3.63, 3.8) is 0 Å². The van der Waals surface area contributed by atoms with Gasteiger partial charge in [-0.3, -0.25) is 9.59 Å². The van der Waals surface area contributed by atoms with Gasteiger partial charge in [0.05, 0.1) is 20.3 Å². The standard InChI is InChI=1S/C21H26N2O4/c1-4-27-19-8-6-5-7-16(19)9-14-21(25)23(2)15-20(24)22-17-10-12-18(26-3)13-11-17/h5-8,10-13H,4,9,14-15H2,1-3H3,(H,22,24). The van der Waals surface area contributed by atoms with E-state index in [-0.39, 0.29) is 18.4 Å². The summed E-state index contributed by atoms with van der Waals surface area (Å²) in [6.07, 6.45) is 0.885. The lowest BCUT2D eigenvalue weighted by Crippen LogP contribution is -2.35. The Morgan fingerprint density at radius 3 is 2.44 bits per heavy atom. The predicted molar refractivity (Wildman–Crippen MR) is 105 cm³/mol. The highest BCUT2D eigenvalue weighted by molar-refractivity contribution is 5.94. The van der Waals surface area contributed by atoms with Gasteiger partial charge in [0, 0.05) is 19.2 Å². The summed E-state index contributed by atoms with van der Waals surface area (Å²) >= 11 is 0. The van der Waals surface area contributed by atoms with Crippen LogP contribution in [-0.4, -0.2) is 44.0 Å². The van der Waals surface area contributed by atoms with E-state index in [1.807, 2.05) is 31.2 Å². The van der Waals surface area contributed by atoms with Crippen LogP contribution < -0.4 is 14.8 Å². The van der Waals surface area contributed by atoms with Gasteiger partial charge in [-0.2, -0.15) is 0 Å². The molecule has 0 aliphatic heterocycles. The maximum absolute atomic E-state index is 12.3. The third kappa shape index (κ3) is 6.33. The summed E-state index contributed by atoms with van der Waals surface area (Å²) in [4.78, 5) is 25.9. The minimum absolute atomic E-state index is 0.00201. The monoisotopic (exact) mass is 370 g/mol. The largest absolute Gasteiger partial charge is 0.497 e. The van der Waals surface area contributed by atoms with E-state index in [1.165, 1.54) is 4.90 Å². The molecule has 0 fully saturated rings. The number of methoxy groups -OCH3 is 1. The molecule has 0 aliphatic carbocycles. The fourth-order valence-electron chi connectivity index (χ4n) is 2.62. The molecule has 0 aliphatic rings. The van der Waals surface area contributed by atoms with Crippen molar-refractivity contribution in [1.82, 2.24) is 4.90 Å². The van der Waals surface area contributed by atoms with Crippen molar-refractivity contribution in [2.24, 2.45) is 0 Å². The molecular formula is C21H26N2O4. The molecule has 2 rings (SSSR count). The highest BCUT2D eigenvalue weighted by Gasteiger charge is 2.14. The maximum Gasteiger partial charge on any atom is 0.243 e. The molecule has 6 nitrogen and oxygen atoms in total. The van der Waals surface area contributed by atoms with E-state index in [4.69, 9.17) is 9.47 Å². The molecule has 0 bridgehead atoms. The second kappa shape index (κ2) is 10.2. The van der Waals surface area contributed by atoms with Crippen LogP contribution in [0.1, 0.15) is 18.9 Å². The summed E-state index contributed by atoms with van der Waals surface area (Å²) in [6.45, 7) is 2.51. The van der Waals surface area contributed by atoms with Gasteiger partial charge in [0.15, 0.2) is 0 Å². The van der Waals surface area contributed by atoms with Crippen LogP contribution in [0, 0.1) is 0 Å². The molecule has 0 unspecified atom stereocenters. The van der Waals surface area contributed by atoms with E-state index in [0.29, 0.717) is 30.9 Å². The van der Waals surface area contributed by atoms with Gasteiger partial charge in [0.25, 0.3) is 0 Å². The Labute approximate surface area is 160 Å². The Hall–Kier alpha value is -3.02. The van der Waals surface area contributed by atoms with Gasteiger partial charge in [0.2, 0.25) is 11.8 Å². The molecule has 0 saturated heterocycles. The van der Waals surface area contributed by atoms with Crippen molar-refractivity contribution in [2.75, 3.05) is 32.6 Å². The lowest BCUT2D eigenvalue weighted by atomic mass is 10.1. The van der Waals surface area contributed by atoms with Crippen LogP contribution in [0.3, 0.4) is 0 Å². The number of benzene rings is 2. The molecule has 2 amide bonds. The first-order chi connectivity index (χ1) is 13.0. The quantitative estimate of drug-likeness (QED) is 0.736. The highest BCUT2D eigenvalue weighted by atomic mass is 16.5. The number of nitrogens with one attached hydrogen (secondary N) is 1. The van der Waals surface area contributed by atoms with Crippen molar-refractivity contribution in [3.05, 3.63) is 54.1 Å². The number of hydrogen-bond acceptors (Lipinski definition) is 4. The normalized spacial score (nSPS) is 10.2. The lowest BCUT2D eigenvalue weighted by molar-refractivity contribution is -0.133. The van der Waals surface area contributed by atoms with Crippen LogP contribution in [-0.2, 0) is 16.0 Å². The van der Waals surface area contributed by atoms with Crippen LogP contribution in [0.5, 0.6) is 11.5 Å². The highest BCUT2D eigenvalue weighted by Crippen LogP contribution is 2.20. The minimum atomic E-state index is -0.245. The van der Waals surface area contributed by atoms with Crippen LogP contribution in [0.25, 0.3) is 0 Å². The summed E-state index contributed by atoms with van der Waals surface area (Å²) < 4.78 is 10.7. The Kier molecular flexibility index (Phi) is 7.67. The molecule has 144 valence electrons. The number of carbonyl (C=O) groups excluding carboxylic acids is 2. The molecule has 1 N–H and O–H groups in total. The molecular weight excluding hydrogens is 344 g/mol. The van der Waals surface area contributed by atoms with Crippen LogP contribution >= 0.6 is 0 Å². The second-order valence-corrected chi connectivity index (χ2v) is 6.07. The molecule has 0 radical (unpaired) electrons. The van der Waals surface area contributed by atoms with E-state index in [1.54, 1.807) is 38.4 Å². The Morgan fingerprint density at radius 1 is 1.07 bits per heavy atom. The molecule has 0 heterocycles. The Bertz CT molecular complexity index is 759. The molecule has 6 heteroatoms. The third-order valence-electron chi connectivity index (χ3n) is 4.06. The molecule has 0 aromatic heterocycles. The van der Waals surface area contributed by atoms with Crippen LogP contribution in [0.2, 0.25) is 0 Å². The summed E-state index contributed by atoms with van der Waals surface area (Å²) in [5.74, 6) is 1.18. The Morgan fingerprint density at radius 2 is 1.78 bits per heavy atom. The van der Waals surface area contributed by atoms with Crippen molar-refractivity contribution in [2.45, 2.75) is 19.8 Å². The fraction of sp³-hybridized carbons (Fsp3) is 0.333. The number of hydrogen-bond donors (Lipinski definition) is 1. The molecule has 0 atom stereocenters. The predicted octanol–water partition coefficient (Wildman–Crippen LogP) is 3.12. The number of ether oxygens (including phenoxy) is 2. The van der Waals surface area contributed by atoms with Gasteiger partial charge < -0.3 is 19.7 Å². The zero-order chi connectivity index (χ0) is 19.6. The first-order valence-electron chi connectivity index (χ1n) is 8.92. The smallest absolute Gasteiger partial charge is 0.243 e. The van der Waals surface area contributed by atoms with Gasteiger partial charge in [-0.15, -0.1) is 0 Å². The number of amides is 2. The molecule has 0 saturated carbocycles. The number of para-hydroxylation sites is 1. The number of rotatable bonds is 9. The average Bonchev–Trinajstić information content (AvgIpc) is 2.67. The maximum atomic E-state index is 12.3. The van der Waals surface area contributed by atoms with E-state index >= 15 is 0 Å². The SMILES string of the molecule is CCOc1ccccc1CCC(=O)N(C)CC(=O)Nc1ccc(OC)cc1. The van der Waals surface area contributed by atoms with Crippen LogP contribution in [0.4, 0.5) is 5.69 Å². The van der Waals surface area contributed by atoms with Gasteiger partial charge in [0.1, 0.15) is 11.5 Å². The van der Waals surface area contributed by atoms with Gasteiger partial charge in [-0.25, -0.2) is 0 Å². The van der Waals surface area contributed by atoms with Crippen molar-refractivity contribution >= 4 is 17.5 Å². The zero-order valence-electron chi connectivity index (χ0n) is 16.0. The molecule has 2 aromatic carbocycles. The van der Waals surface area contributed by atoms with Gasteiger partial charge in [-0.1, -0.05) is 18.2 Å². The summed E-state index contributed by atoms with van der Waals surface area (Å²) in [6, 6.07) is 14.7. The lowest BCUT2D eigenvalue weighted by Gasteiger charge is -2.17. The number of anilines is 1. The number of aryl methyl sites for hydroxylation is 1. The minimum Gasteiger partial charge on any atom is -0.497 e. The van der Waals surface area contributed by atoms with E-state index in [0.717, 1.165) is 11.3 Å². The summed E-state index contributed by atoms with van der Waals surface area (Å²) in [5, 5.41) is 2.77. The Balaban J connectivity index is 1.83. The first-order valence-corrected chi connectivity index (χ1v) is 8.92. The molecule has 27 heavy (non-hydrogen) atoms. The van der Waals surface area contributed by atoms with E-state index in [9.17, 15) is 9.59 Å². The summed E-state index contributed by atoms with van der Waals surface area (Å²) in [7, 11) is 3.21. The molecule has 2 aromatic rings. The summed E-state index contributed by atoms with van der Waals surface area (Å²) in [5.41, 5.74) is 1.65. The topological polar surface area (TPSA) is 67.9 Å².